The molecule has 1 N–H and O–H groups in total. The van der Waals surface area contributed by atoms with E-state index in [0.717, 1.165) is 12.8 Å². The summed E-state index contributed by atoms with van der Waals surface area (Å²) < 4.78 is 11.4. The lowest BCUT2D eigenvalue weighted by atomic mass is 9.62. The van der Waals surface area contributed by atoms with Crippen molar-refractivity contribution in [1.82, 2.24) is 0 Å². The molecule has 5 unspecified atom stereocenters. The van der Waals surface area contributed by atoms with Gasteiger partial charge in [0.15, 0.2) is 5.78 Å². The summed E-state index contributed by atoms with van der Waals surface area (Å²) in [7, 11) is 0. The van der Waals surface area contributed by atoms with Crippen LogP contribution in [-0.4, -0.2) is 40.1 Å². The Morgan fingerprint density at radius 1 is 1.36 bits per heavy atom. The van der Waals surface area contributed by atoms with E-state index >= 15 is 0 Å². The van der Waals surface area contributed by atoms with Crippen molar-refractivity contribution in [2.24, 2.45) is 21.6 Å². The van der Waals surface area contributed by atoms with Gasteiger partial charge in [-0.2, -0.15) is 10.2 Å². The van der Waals surface area contributed by atoms with Crippen molar-refractivity contribution >= 4 is 11.8 Å². The van der Waals surface area contributed by atoms with E-state index in [-0.39, 0.29) is 17.5 Å². The van der Waals surface area contributed by atoms with Gasteiger partial charge in [0.05, 0.1) is 12.2 Å². The molecule has 0 radical (unpaired) electrons. The van der Waals surface area contributed by atoms with Gasteiger partial charge in [0.2, 0.25) is 5.54 Å². The lowest BCUT2D eigenvalue weighted by molar-refractivity contribution is -0.151. The lowest BCUT2D eigenvalue weighted by Gasteiger charge is -2.44. The smallest absolute Gasteiger partial charge is 0.338 e. The Labute approximate surface area is 145 Å². The average Bonchev–Trinajstić information content (AvgIpc) is 2.99. The van der Waals surface area contributed by atoms with Crippen LogP contribution in [0.15, 0.2) is 33.9 Å². The van der Waals surface area contributed by atoms with Gasteiger partial charge in [0, 0.05) is 5.41 Å². The zero-order valence-electron chi connectivity index (χ0n) is 14.8. The number of Topliss-reactive ketones (excluding diaryl/α,β-unsaturated/α-hetero) is 1. The van der Waals surface area contributed by atoms with Gasteiger partial charge >= 0.3 is 5.97 Å². The van der Waals surface area contributed by atoms with E-state index in [4.69, 9.17) is 9.47 Å². The molecule has 4 aliphatic rings. The van der Waals surface area contributed by atoms with Crippen LogP contribution >= 0.6 is 0 Å². The maximum Gasteiger partial charge on any atom is 0.338 e. The number of azo groups is 1. The lowest BCUT2D eigenvalue weighted by Crippen LogP contribution is -2.65. The Bertz CT molecular complexity index is 762. The third kappa shape index (κ3) is 1.86. The third-order valence-corrected chi connectivity index (χ3v) is 5.76. The molecule has 25 heavy (non-hydrogen) atoms. The number of nitrogens with zero attached hydrogens (tertiary/aromatic N) is 2. The summed E-state index contributed by atoms with van der Waals surface area (Å²) in [6.45, 7) is 7.34. The highest BCUT2D eigenvalue weighted by molar-refractivity contribution is 6.11. The summed E-state index contributed by atoms with van der Waals surface area (Å²) in [6, 6.07) is 0. The molecule has 0 saturated heterocycles. The number of allylic oxidation sites excluding steroid dienone is 1. The molecule has 2 aliphatic heterocycles. The molecular weight excluding hydrogens is 324 g/mol. The molecular formula is C18H22N2O5. The SMILES string of the molecule is CC1C(=O)C2(N=NC34C=COC3CC4)C(C(=O)O)=C(C(C)(C)C)OC12. The largest absolute Gasteiger partial charge is 0.495 e. The number of fused-ring (bicyclic) bond motifs is 2. The summed E-state index contributed by atoms with van der Waals surface area (Å²) in [4.78, 5) is 24.8. The van der Waals surface area contributed by atoms with Gasteiger partial charge in [-0.1, -0.05) is 27.7 Å². The first-order valence-corrected chi connectivity index (χ1v) is 8.60. The van der Waals surface area contributed by atoms with Gasteiger partial charge in [0.1, 0.15) is 29.1 Å². The number of ketones is 1. The van der Waals surface area contributed by atoms with Crippen molar-refractivity contribution in [2.75, 3.05) is 0 Å². The van der Waals surface area contributed by atoms with Crippen LogP contribution < -0.4 is 0 Å². The molecule has 7 nitrogen and oxygen atoms in total. The second-order valence-electron chi connectivity index (χ2n) is 8.37. The van der Waals surface area contributed by atoms with Crippen LogP contribution in [0.4, 0.5) is 0 Å². The van der Waals surface area contributed by atoms with Crippen molar-refractivity contribution in [3.8, 4) is 0 Å². The zero-order valence-corrected chi connectivity index (χ0v) is 14.8. The molecule has 5 atom stereocenters. The van der Waals surface area contributed by atoms with Crippen LogP contribution in [0, 0.1) is 11.3 Å². The zero-order chi connectivity index (χ0) is 18.2. The minimum atomic E-state index is -1.53. The summed E-state index contributed by atoms with van der Waals surface area (Å²) in [5.41, 5.74) is -2.69. The number of ether oxygens (including phenoxy) is 2. The van der Waals surface area contributed by atoms with Crippen molar-refractivity contribution in [3.05, 3.63) is 23.7 Å². The minimum absolute atomic E-state index is 0.0629. The highest BCUT2D eigenvalue weighted by Crippen LogP contribution is 2.56. The molecule has 4 rings (SSSR count). The van der Waals surface area contributed by atoms with Gasteiger partial charge < -0.3 is 14.6 Å². The van der Waals surface area contributed by atoms with E-state index in [2.05, 4.69) is 10.2 Å². The maximum atomic E-state index is 12.8. The van der Waals surface area contributed by atoms with Crippen LogP contribution in [0.2, 0.25) is 0 Å². The minimum Gasteiger partial charge on any atom is -0.495 e. The van der Waals surface area contributed by atoms with E-state index in [1.54, 1.807) is 13.2 Å². The van der Waals surface area contributed by atoms with E-state index in [9.17, 15) is 14.7 Å². The average molecular weight is 346 g/mol. The quantitative estimate of drug-likeness (QED) is 0.792. The standard InChI is InChI=1S/C18H22N2O5/c1-9-12(21)18(20-19-17-6-5-10(17)24-8-7-17)11(15(22)23)14(16(2,3)4)25-13(9)18/h7-10,13H,5-6H2,1-4H3,(H,22,23). The number of hydrogen-bond donors (Lipinski definition) is 1. The number of rotatable bonds is 3. The summed E-state index contributed by atoms with van der Waals surface area (Å²) in [5.74, 6) is -1.50. The molecule has 7 heteroatoms. The molecule has 0 aromatic heterocycles. The maximum absolute atomic E-state index is 12.8. The van der Waals surface area contributed by atoms with Crippen molar-refractivity contribution in [2.45, 2.75) is 63.8 Å². The van der Waals surface area contributed by atoms with Gasteiger partial charge in [-0.25, -0.2) is 4.79 Å². The van der Waals surface area contributed by atoms with Crippen LogP contribution in [-0.2, 0) is 19.1 Å². The fourth-order valence-corrected chi connectivity index (χ4v) is 4.18. The predicted molar refractivity (Wildman–Crippen MR) is 86.7 cm³/mol. The molecule has 0 bridgehead atoms. The monoisotopic (exact) mass is 346 g/mol. The van der Waals surface area contributed by atoms with Gasteiger partial charge in [0.25, 0.3) is 0 Å². The molecule has 2 heterocycles. The Morgan fingerprint density at radius 3 is 2.60 bits per heavy atom. The van der Waals surface area contributed by atoms with Crippen molar-refractivity contribution in [3.63, 3.8) is 0 Å². The number of carboxylic acids is 1. The molecule has 2 saturated carbocycles. The number of carboxylic acid groups (broad SMARTS) is 1. The summed E-state index contributed by atoms with van der Waals surface area (Å²) >= 11 is 0. The second kappa shape index (κ2) is 4.71. The second-order valence-corrected chi connectivity index (χ2v) is 8.37. The van der Waals surface area contributed by atoms with Crippen molar-refractivity contribution < 1.29 is 24.2 Å². The molecule has 2 aliphatic carbocycles. The van der Waals surface area contributed by atoms with E-state index in [1.165, 1.54) is 0 Å². The first-order chi connectivity index (χ1) is 11.6. The summed E-state index contributed by atoms with van der Waals surface area (Å²) in [5, 5.41) is 18.6. The molecule has 0 aromatic rings. The van der Waals surface area contributed by atoms with Gasteiger partial charge in [-0.15, -0.1) is 0 Å². The molecule has 2 fully saturated rings. The van der Waals surface area contributed by atoms with E-state index in [0.29, 0.717) is 5.76 Å². The number of carbonyl (C=O) groups excluding carboxylic acids is 1. The highest BCUT2D eigenvalue weighted by Gasteiger charge is 2.72. The molecule has 134 valence electrons. The van der Waals surface area contributed by atoms with Crippen LogP contribution in [0.25, 0.3) is 0 Å². The number of carbonyl (C=O) groups is 2. The fraction of sp³-hybridized carbons (Fsp3) is 0.667. The molecule has 0 spiro atoms. The molecule has 0 aromatic carbocycles. The van der Waals surface area contributed by atoms with Crippen LogP contribution in [0.3, 0.4) is 0 Å². The van der Waals surface area contributed by atoms with Gasteiger partial charge in [-0.3, -0.25) is 4.79 Å². The summed E-state index contributed by atoms with van der Waals surface area (Å²) in [6.07, 6.45) is 4.43. The Balaban J connectivity index is 1.81. The Hall–Kier alpha value is -2.18. The van der Waals surface area contributed by atoms with E-state index in [1.807, 2.05) is 26.8 Å². The first kappa shape index (κ1) is 16.3. The number of hydrogen-bond acceptors (Lipinski definition) is 6. The van der Waals surface area contributed by atoms with Gasteiger partial charge in [-0.05, 0) is 18.9 Å². The Kier molecular flexibility index (Phi) is 3.07. The Morgan fingerprint density at radius 2 is 2.08 bits per heavy atom. The fourth-order valence-electron chi connectivity index (χ4n) is 4.18. The van der Waals surface area contributed by atoms with Crippen LogP contribution in [0.5, 0.6) is 0 Å². The normalized spacial score (nSPS) is 41.8. The highest BCUT2D eigenvalue weighted by atomic mass is 16.5. The topological polar surface area (TPSA) is 97.6 Å². The first-order valence-electron chi connectivity index (χ1n) is 8.60. The predicted octanol–water partition coefficient (Wildman–Crippen LogP) is 2.62. The number of aliphatic carboxylic acids is 1. The van der Waals surface area contributed by atoms with Crippen LogP contribution in [0.1, 0.15) is 40.5 Å². The van der Waals surface area contributed by atoms with Crippen molar-refractivity contribution in [1.29, 1.82) is 0 Å². The molecule has 0 amide bonds. The third-order valence-electron chi connectivity index (χ3n) is 5.76. The van der Waals surface area contributed by atoms with E-state index < -0.39 is 34.5 Å².